The van der Waals surface area contributed by atoms with Gasteiger partial charge in [-0.3, -0.25) is 0 Å². The third-order valence-electron chi connectivity index (χ3n) is 2.94. The fraction of sp³-hybridized carbons (Fsp3) is 0.357. The number of hydrogen-bond donors (Lipinski definition) is 1. The van der Waals surface area contributed by atoms with Crippen molar-refractivity contribution in [3.63, 3.8) is 0 Å². The Hall–Kier alpha value is -1.61. The first-order valence-electron chi connectivity index (χ1n) is 5.84. The lowest BCUT2D eigenvalue weighted by atomic mass is 9.87. The zero-order valence-electron chi connectivity index (χ0n) is 10.6. The minimum Gasteiger partial charge on any atom is -0.325 e. The summed E-state index contributed by atoms with van der Waals surface area (Å²) >= 11 is 0. The number of nitrogens with two attached hydrogens (primary N) is 1. The van der Waals surface area contributed by atoms with Gasteiger partial charge in [0.25, 0.3) is 0 Å². The molecule has 0 fully saturated rings. The van der Waals surface area contributed by atoms with Gasteiger partial charge in [-0.15, -0.1) is 0 Å². The lowest BCUT2D eigenvalue weighted by Crippen LogP contribution is -2.11. The summed E-state index contributed by atoms with van der Waals surface area (Å²) < 4.78 is 2.02. The van der Waals surface area contributed by atoms with Crippen LogP contribution in [-0.4, -0.2) is 9.55 Å². The van der Waals surface area contributed by atoms with E-state index >= 15 is 0 Å². The van der Waals surface area contributed by atoms with Crippen LogP contribution in [0.3, 0.4) is 0 Å². The smallest absolute Gasteiger partial charge is 0.0994 e. The standard InChI is InChI=1S/C14H19N3/c1-14(2,3)11-4-6-12(7-5-11)17-10-16-9-13(17)8-15/h4-7,9-10H,8,15H2,1-3H3. The molecule has 0 aliphatic heterocycles. The Morgan fingerprint density at radius 3 is 2.35 bits per heavy atom. The van der Waals surface area contributed by atoms with Crippen LogP contribution in [0.15, 0.2) is 36.8 Å². The van der Waals surface area contributed by atoms with Crippen LogP contribution in [0.4, 0.5) is 0 Å². The Kier molecular flexibility index (Phi) is 3.03. The summed E-state index contributed by atoms with van der Waals surface area (Å²) in [6.45, 7) is 7.14. The second kappa shape index (κ2) is 4.34. The van der Waals surface area contributed by atoms with Crippen molar-refractivity contribution in [2.24, 2.45) is 5.73 Å². The van der Waals surface area contributed by atoms with E-state index in [-0.39, 0.29) is 5.41 Å². The molecule has 3 nitrogen and oxygen atoms in total. The van der Waals surface area contributed by atoms with Crippen molar-refractivity contribution in [1.29, 1.82) is 0 Å². The van der Waals surface area contributed by atoms with Crippen molar-refractivity contribution in [1.82, 2.24) is 9.55 Å². The van der Waals surface area contributed by atoms with Gasteiger partial charge in [0.05, 0.1) is 12.0 Å². The Labute approximate surface area is 102 Å². The van der Waals surface area contributed by atoms with Gasteiger partial charge in [-0.25, -0.2) is 4.98 Å². The highest BCUT2D eigenvalue weighted by Crippen LogP contribution is 2.23. The highest BCUT2D eigenvalue weighted by Gasteiger charge is 2.13. The summed E-state index contributed by atoms with van der Waals surface area (Å²) in [6, 6.07) is 8.55. The summed E-state index contributed by atoms with van der Waals surface area (Å²) in [5, 5.41) is 0. The monoisotopic (exact) mass is 229 g/mol. The molecule has 3 heteroatoms. The molecule has 0 atom stereocenters. The zero-order valence-corrected chi connectivity index (χ0v) is 10.6. The lowest BCUT2D eigenvalue weighted by Gasteiger charge is -2.19. The van der Waals surface area contributed by atoms with Crippen LogP contribution < -0.4 is 5.73 Å². The van der Waals surface area contributed by atoms with Crippen molar-refractivity contribution >= 4 is 0 Å². The Morgan fingerprint density at radius 2 is 1.82 bits per heavy atom. The third-order valence-corrected chi connectivity index (χ3v) is 2.94. The molecule has 2 rings (SSSR count). The van der Waals surface area contributed by atoms with Gasteiger partial charge in [-0.2, -0.15) is 0 Å². The molecule has 2 N–H and O–H groups in total. The van der Waals surface area contributed by atoms with E-state index in [4.69, 9.17) is 5.73 Å². The molecule has 0 amide bonds. The molecular weight excluding hydrogens is 210 g/mol. The molecule has 1 heterocycles. The molecule has 0 unspecified atom stereocenters. The third kappa shape index (κ3) is 2.39. The Morgan fingerprint density at radius 1 is 1.18 bits per heavy atom. The van der Waals surface area contributed by atoms with Crippen LogP contribution in [0, 0.1) is 0 Å². The predicted octanol–water partition coefficient (Wildman–Crippen LogP) is 2.63. The summed E-state index contributed by atoms with van der Waals surface area (Å²) in [6.07, 6.45) is 3.60. The van der Waals surface area contributed by atoms with Gasteiger partial charge in [0, 0.05) is 18.4 Å². The zero-order chi connectivity index (χ0) is 12.5. The van der Waals surface area contributed by atoms with Crippen molar-refractivity contribution < 1.29 is 0 Å². The maximum absolute atomic E-state index is 5.67. The first kappa shape index (κ1) is 11.9. The summed E-state index contributed by atoms with van der Waals surface area (Å²) in [5.41, 5.74) is 9.31. The second-order valence-electron chi connectivity index (χ2n) is 5.26. The van der Waals surface area contributed by atoms with E-state index in [0.29, 0.717) is 6.54 Å². The van der Waals surface area contributed by atoms with Gasteiger partial charge >= 0.3 is 0 Å². The molecule has 0 saturated carbocycles. The minimum atomic E-state index is 0.185. The Bertz CT molecular complexity index is 489. The fourth-order valence-corrected chi connectivity index (χ4v) is 1.83. The molecule has 1 aromatic heterocycles. The van der Waals surface area contributed by atoms with Crippen LogP contribution in [0.25, 0.3) is 5.69 Å². The predicted molar refractivity (Wildman–Crippen MR) is 70.2 cm³/mol. The molecule has 2 aromatic rings. The first-order valence-corrected chi connectivity index (χ1v) is 5.84. The van der Waals surface area contributed by atoms with Crippen LogP contribution in [0.1, 0.15) is 32.0 Å². The molecule has 17 heavy (non-hydrogen) atoms. The average molecular weight is 229 g/mol. The van der Waals surface area contributed by atoms with Gasteiger partial charge in [0.1, 0.15) is 0 Å². The van der Waals surface area contributed by atoms with Crippen molar-refractivity contribution in [3.8, 4) is 5.69 Å². The number of imidazole rings is 1. The van der Waals surface area contributed by atoms with Crippen LogP contribution >= 0.6 is 0 Å². The van der Waals surface area contributed by atoms with E-state index in [1.165, 1.54) is 5.56 Å². The fourth-order valence-electron chi connectivity index (χ4n) is 1.83. The molecule has 90 valence electrons. The number of benzene rings is 1. The summed E-state index contributed by atoms with van der Waals surface area (Å²) in [7, 11) is 0. The molecule has 0 aliphatic carbocycles. The highest BCUT2D eigenvalue weighted by atomic mass is 15.1. The summed E-state index contributed by atoms with van der Waals surface area (Å²) in [5.74, 6) is 0. The first-order chi connectivity index (χ1) is 8.02. The van der Waals surface area contributed by atoms with Crippen molar-refractivity contribution in [2.45, 2.75) is 32.7 Å². The van der Waals surface area contributed by atoms with E-state index in [1.807, 2.05) is 4.57 Å². The highest BCUT2D eigenvalue weighted by molar-refractivity contribution is 5.38. The van der Waals surface area contributed by atoms with Crippen LogP contribution in [-0.2, 0) is 12.0 Å². The Balaban J connectivity index is 2.36. The molecule has 0 aliphatic rings. The van der Waals surface area contributed by atoms with Crippen molar-refractivity contribution in [2.75, 3.05) is 0 Å². The molecule has 0 radical (unpaired) electrons. The van der Waals surface area contributed by atoms with E-state index in [1.54, 1.807) is 12.5 Å². The maximum atomic E-state index is 5.67. The van der Waals surface area contributed by atoms with Gasteiger partial charge in [-0.1, -0.05) is 32.9 Å². The number of hydrogen-bond acceptors (Lipinski definition) is 2. The topological polar surface area (TPSA) is 43.8 Å². The molecule has 1 aromatic carbocycles. The second-order valence-corrected chi connectivity index (χ2v) is 5.26. The maximum Gasteiger partial charge on any atom is 0.0994 e. The van der Waals surface area contributed by atoms with Crippen molar-refractivity contribution in [3.05, 3.63) is 48.0 Å². The van der Waals surface area contributed by atoms with Gasteiger partial charge in [-0.05, 0) is 23.1 Å². The van der Waals surface area contributed by atoms with E-state index in [0.717, 1.165) is 11.4 Å². The normalized spacial score (nSPS) is 11.8. The summed E-state index contributed by atoms with van der Waals surface area (Å²) in [4.78, 5) is 4.12. The molecule has 0 spiro atoms. The van der Waals surface area contributed by atoms with E-state index in [9.17, 15) is 0 Å². The molecule has 0 saturated heterocycles. The quantitative estimate of drug-likeness (QED) is 0.860. The number of aromatic nitrogens is 2. The average Bonchev–Trinajstić information content (AvgIpc) is 2.76. The van der Waals surface area contributed by atoms with Gasteiger partial charge in [0.2, 0.25) is 0 Å². The molecule has 0 bridgehead atoms. The van der Waals surface area contributed by atoms with E-state index in [2.05, 4.69) is 50.0 Å². The van der Waals surface area contributed by atoms with Crippen LogP contribution in [0.2, 0.25) is 0 Å². The van der Waals surface area contributed by atoms with Gasteiger partial charge in [0.15, 0.2) is 0 Å². The number of nitrogens with zero attached hydrogens (tertiary/aromatic N) is 2. The van der Waals surface area contributed by atoms with Crippen LogP contribution in [0.5, 0.6) is 0 Å². The molecular formula is C14H19N3. The largest absolute Gasteiger partial charge is 0.325 e. The number of rotatable bonds is 2. The minimum absolute atomic E-state index is 0.185. The van der Waals surface area contributed by atoms with E-state index < -0.39 is 0 Å². The van der Waals surface area contributed by atoms with Gasteiger partial charge < -0.3 is 10.3 Å². The lowest BCUT2D eigenvalue weighted by molar-refractivity contribution is 0.590. The SMILES string of the molecule is CC(C)(C)c1ccc(-n2cncc2CN)cc1.